The van der Waals surface area contributed by atoms with Crippen LogP contribution in [0.25, 0.3) is 0 Å². The third kappa shape index (κ3) is 6.09. The number of halogens is 3. The predicted molar refractivity (Wildman–Crippen MR) is 128 cm³/mol. The molecule has 2 amide bonds. The van der Waals surface area contributed by atoms with Gasteiger partial charge in [-0.1, -0.05) is 35.3 Å². The van der Waals surface area contributed by atoms with Crippen molar-refractivity contribution >= 4 is 51.6 Å². The Hall–Kier alpha value is -2.42. The maximum Gasteiger partial charge on any atom is 0.319 e. The van der Waals surface area contributed by atoms with Gasteiger partial charge in [0, 0.05) is 43.3 Å². The molecule has 2 aromatic carbocycles. The van der Waals surface area contributed by atoms with Crippen LogP contribution in [0.3, 0.4) is 0 Å². The van der Waals surface area contributed by atoms with Gasteiger partial charge in [-0.25, -0.2) is 14.2 Å². The molecule has 1 fully saturated rings. The Morgan fingerprint density at radius 1 is 1.12 bits per heavy atom. The normalized spacial score (nSPS) is 14.4. The molecular weight excluding hydrogens is 472 g/mol. The number of hydrogen-bond donors (Lipinski definition) is 2. The van der Waals surface area contributed by atoms with Crippen LogP contribution in [-0.4, -0.2) is 35.0 Å². The fourth-order valence-corrected chi connectivity index (χ4v) is 4.58. The Balaban J connectivity index is 1.21. The van der Waals surface area contributed by atoms with Crippen LogP contribution in [0, 0.1) is 11.7 Å². The smallest absolute Gasteiger partial charge is 0.319 e. The summed E-state index contributed by atoms with van der Waals surface area (Å²) in [5, 5.41) is 7.45. The molecule has 0 unspecified atom stereocenters. The highest BCUT2D eigenvalue weighted by Crippen LogP contribution is 2.26. The second-order valence-corrected chi connectivity index (χ2v) is 9.24. The Morgan fingerprint density at radius 3 is 2.59 bits per heavy atom. The van der Waals surface area contributed by atoms with Crippen molar-refractivity contribution in [2.45, 2.75) is 19.3 Å². The van der Waals surface area contributed by atoms with Crippen molar-refractivity contribution in [1.82, 2.24) is 14.7 Å². The fourth-order valence-electron chi connectivity index (χ4n) is 3.54. The van der Waals surface area contributed by atoms with Crippen molar-refractivity contribution in [3.63, 3.8) is 0 Å². The summed E-state index contributed by atoms with van der Waals surface area (Å²) in [4.78, 5) is 19.0. The number of urea groups is 1. The van der Waals surface area contributed by atoms with Gasteiger partial charge in [-0.2, -0.15) is 4.37 Å². The van der Waals surface area contributed by atoms with Gasteiger partial charge in [0.2, 0.25) is 5.13 Å². The highest BCUT2D eigenvalue weighted by Gasteiger charge is 2.22. The molecule has 1 saturated heterocycles. The van der Waals surface area contributed by atoms with E-state index in [1.54, 1.807) is 30.3 Å². The molecular formula is C22H22Cl2FN5OS. The zero-order chi connectivity index (χ0) is 22.5. The second kappa shape index (κ2) is 10.5. The van der Waals surface area contributed by atoms with Gasteiger partial charge in [0.25, 0.3) is 0 Å². The molecule has 4 rings (SSSR count). The van der Waals surface area contributed by atoms with Crippen molar-refractivity contribution in [3.8, 4) is 0 Å². The summed E-state index contributed by atoms with van der Waals surface area (Å²) >= 11 is 13.3. The van der Waals surface area contributed by atoms with Crippen LogP contribution in [0.15, 0.2) is 42.5 Å². The number of nitrogens with zero attached hydrogens (tertiary/aromatic N) is 3. The third-order valence-electron chi connectivity index (χ3n) is 5.35. The van der Waals surface area contributed by atoms with Crippen molar-refractivity contribution in [2.24, 2.45) is 5.92 Å². The van der Waals surface area contributed by atoms with Crippen LogP contribution in [0.1, 0.15) is 24.2 Å². The molecule has 0 atom stereocenters. The molecule has 0 aliphatic carbocycles. The summed E-state index contributed by atoms with van der Waals surface area (Å²) in [6, 6.07) is 11.1. The number of piperidine rings is 1. The van der Waals surface area contributed by atoms with Crippen molar-refractivity contribution in [2.75, 3.05) is 29.9 Å². The Morgan fingerprint density at radius 2 is 1.88 bits per heavy atom. The van der Waals surface area contributed by atoms with Crippen LogP contribution < -0.4 is 15.5 Å². The first-order chi connectivity index (χ1) is 15.5. The number of benzene rings is 2. The number of carbonyl (C=O) groups is 1. The summed E-state index contributed by atoms with van der Waals surface area (Å²) in [7, 11) is 0. The lowest BCUT2D eigenvalue weighted by Gasteiger charge is -2.31. The van der Waals surface area contributed by atoms with E-state index in [-0.39, 0.29) is 11.8 Å². The van der Waals surface area contributed by atoms with Crippen LogP contribution >= 0.6 is 34.7 Å². The molecule has 32 heavy (non-hydrogen) atoms. The van der Waals surface area contributed by atoms with E-state index in [0.717, 1.165) is 42.5 Å². The quantitative estimate of drug-likeness (QED) is 0.467. The van der Waals surface area contributed by atoms with E-state index < -0.39 is 0 Å². The predicted octanol–water partition coefficient (Wildman–Crippen LogP) is 5.61. The molecule has 168 valence electrons. The van der Waals surface area contributed by atoms with Crippen molar-refractivity contribution in [1.29, 1.82) is 0 Å². The van der Waals surface area contributed by atoms with E-state index in [1.165, 1.54) is 23.7 Å². The lowest BCUT2D eigenvalue weighted by Crippen LogP contribution is -2.39. The monoisotopic (exact) mass is 493 g/mol. The van der Waals surface area contributed by atoms with E-state index in [9.17, 15) is 9.18 Å². The fraction of sp³-hybridized carbons (Fsp3) is 0.318. The summed E-state index contributed by atoms with van der Waals surface area (Å²) in [6.07, 6.45) is 2.50. The summed E-state index contributed by atoms with van der Waals surface area (Å²) in [5.74, 6) is 0.904. The summed E-state index contributed by atoms with van der Waals surface area (Å²) < 4.78 is 17.5. The average molecular weight is 494 g/mol. The SMILES string of the molecule is O=C(NCC1CCN(c2nc(Cc3ccc(F)cc3)ns2)CC1)Nc1ccc(Cl)c(Cl)c1. The van der Waals surface area contributed by atoms with Gasteiger partial charge in [-0.05, 0) is 54.7 Å². The first-order valence-electron chi connectivity index (χ1n) is 10.3. The number of hydrogen-bond acceptors (Lipinski definition) is 5. The van der Waals surface area contributed by atoms with Crippen LogP contribution in [0.2, 0.25) is 10.0 Å². The van der Waals surface area contributed by atoms with Gasteiger partial charge < -0.3 is 15.5 Å². The molecule has 0 spiro atoms. The molecule has 1 aliphatic heterocycles. The van der Waals surface area contributed by atoms with Gasteiger partial charge >= 0.3 is 6.03 Å². The van der Waals surface area contributed by atoms with E-state index in [4.69, 9.17) is 23.2 Å². The zero-order valence-corrected chi connectivity index (χ0v) is 19.5. The van der Waals surface area contributed by atoms with Crippen LogP contribution in [0.5, 0.6) is 0 Å². The van der Waals surface area contributed by atoms with Gasteiger partial charge in [0.05, 0.1) is 10.0 Å². The highest BCUT2D eigenvalue weighted by molar-refractivity contribution is 7.09. The Kier molecular flexibility index (Phi) is 7.44. The highest BCUT2D eigenvalue weighted by atomic mass is 35.5. The molecule has 0 radical (unpaired) electrons. The minimum Gasteiger partial charge on any atom is -0.347 e. The number of rotatable bonds is 6. The molecule has 1 aromatic heterocycles. The number of anilines is 2. The second-order valence-electron chi connectivity index (χ2n) is 7.69. The van der Waals surface area contributed by atoms with E-state index in [2.05, 4.69) is 24.9 Å². The minimum absolute atomic E-state index is 0.245. The topological polar surface area (TPSA) is 70.2 Å². The first-order valence-corrected chi connectivity index (χ1v) is 11.8. The number of amides is 2. The zero-order valence-electron chi connectivity index (χ0n) is 17.2. The van der Waals surface area contributed by atoms with Crippen molar-refractivity contribution < 1.29 is 9.18 Å². The third-order valence-corrected chi connectivity index (χ3v) is 6.90. The van der Waals surface area contributed by atoms with E-state index in [1.807, 2.05) is 0 Å². The molecule has 2 heterocycles. The Labute approximate surface area is 199 Å². The molecule has 6 nitrogen and oxygen atoms in total. The maximum atomic E-state index is 13.1. The largest absolute Gasteiger partial charge is 0.347 e. The molecule has 10 heteroatoms. The lowest BCUT2D eigenvalue weighted by molar-refractivity contribution is 0.248. The van der Waals surface area contributed by atoms with E-state index >= 15 is 0 Å². The maximum absolute atomic E-state index is 13.1. The molecule has 1 aliphatic rings. The molecule has 0 saturated carbocycles. The number of aromatic nitrogens is 2. The summed E-state index contributed by atoms with van der Waals surface area (Å²) in [5.41, 5.74) is 1.58. The number of nitrogens with one attached hydrogen (secondary N) is 2. The first kappa shape index (κ1) is 22.8. The average Bonchev–Trinajstić information content (AvgIpc) is 3.25. The molecule has 3 aromatic rings. The van der Waals surface area contributed by atoms with Gasteiger partial charge in [-0.3, -0.25) is 0 Å². The molecule has 2 N–H and O–H groups in total. The summed E-state index contributed by atoms with van der Waals surface area (Å²) in [6.45, 7) is 2.34. The van der Waals surface area contributed by atoms with Crippen LogP contribution in [-0.2, 0) is 6.42 Å². The van der Waals surface area contributed by atoms with Gasteiger partial charge in [0.15, 0.2) is 0 Å². The Bertz CT molecular complexity index is 1070. The molecule has 0 bridgehead atoms. The van der Waals surface area contributed by atoms with Crippen molar-refractivity contribution in [3.05, 3.63) is 69.7 Å². The standard InChI is InChI=1S/C22H22Cl2FN5OS/c23-18-6-5-17(12-19(18)24)27-21(31)26-13-15-7-9-30(10-8-15)22-28-20(29-32-22)11-14-1-3-16(25)4-2-14/h1-6,12,15H,7-11,13H2,(H2,26,27,31). The van der Waals surface area contributed by atoms with E-state index in [0.29, 0.717) is 34.6 Å². The van der Waals surface area contributed by atoms with Gasteiger partial charge in [-0.15, -0.1) is 0 Å². The minimum atomic E-state index is -0.264. The van der Waals surface area contributed by atoms with Crippen LogP contribution in [0.4, 0.5) is 20.0 Å². The lowest BCUT2D eigenvalue weighted by atomic mass is 9.97. The number of carbonyl (C=O) groups excluding carboxylic acids is 1. The van der Waals surface area contributed by atoms with Gasteiger partial charge in [0.1, 0.15) is 11.6 Å².